The molecule has 1 fully saturated rings. The minimum absolute atomic E-state index is 0.0815. The van der Waals surface area contributed by atoms with Crippen LogP contribution in [0.25, 0.3) is 0 Å². The van der Waals surface area contributed by atoms with E-state index in [1.807, 2.05) is 42.5 Å². The van der Waals surface area contributed by atoms with Crippen molar-refractivity contribution in [2.24, 2.45) is 0 Å². The van der Waals surface area contributed by atoms with Crippen molar-refractivity contribution < 1.29 is 33.4 Å². The summed E-state index contributed by atoms with van der Waals surface area (Å²) in [5.74, 6) is -1.09. The lowest BCUT2D eigenvalue weighted by Gasteiger charge is -2.25. The Kier molecular flexibility index (Phi) is 10.7. The molecular weight excluding hydrogens is 598 g/mol. The molecule has 0 unspecified atom stereocenters. The standard InChI is InChI=1S/C34H36ClN3O7/c1-23(39)43-16-17-44-26-14-15-27(28(35)18-26)34(42)38-21-33(41)37(19-25-10-5-6-12-30(25)38)20-32(40)36-29-11-7-13-31(29)45-22-24-8-3-2-4-9-24/h2-6,8-10,12,14-15,18,29,31H,7,11,13,16-17,19-22H2,1H3,(H,36,40)/t29-,31-/m1/s1. The van der Waals surface area contributed by atoms with Crippen LogP contribution >= 0.6 is 11.6 Å². The monoisotopic (exact) mass is 633 g/mol. The van der Waals surface area contributed by atoms with Gasteiger partial charge in [-0.2, -0.15) is 0 Å². The summed E-state index contributed by atoms with van der Waals surface area (Å²) in [5, 5.41) is 3.23. The molecule has 2 aliphatic rings. The van der Waals surface area contributed by atoms with Crippen LogP contribution in [0.4, 0.5) is 5.69 Å². The molecule has 0 radical (unpaired) electrons. The number of benzene rings is 3. The summed E-state index contributed by atoms with van der Waals surface area (Å²) in [5.41, 5.74) is 2.57. The summed E-state index contributed by atoms with van der Waals surface area (Å²) in [7, 11) is 0. The number of carbonyl (C=O) groups excluding carboxylic acids is 4. The van der Waals surface area contributed by atoms with Gasteiger partial charge in [-0.1, -0.05) is 60.1 Å². The smallest absolute Gasteiger partial charge is 0.302 e. The molecule has 2 atom stereocenters. The second-order valence-corrected chi connectivity index (χ2v) is 11.4. The number of hydrogen-bond donors (Lipinski definition) is 1. The average Bonchev–Trinajstić information content (AvgIpc) is 3.41. The highest BCUT2D eigenvalue weighted by Crippen LogP contribution is 2.30. The third kappa shape index (κ3) is 8.40. The first-order valence-corrected chi connectivity index (χ1v) is 15.3. The number of ether oxygens (including phenoxy) is 3. The molecule has 3 aromatic rings. The van der Waals surface area contributed by atoms with Crippen LogP contribution in [0.2, 0.25) is 5.02 Å². The molecule has 3 amide bonds. The second kappa shape index (κ2) is 15.0. The molecule has 3 aromatic carbocycles. The quantitative estimate of drug-likeness (QED) is 0.244. The molecule has 5 rings (SSSR count). The van der Waals surface area contributed by atoms with Crippen LogP contribution < -0.4 is 15.0 Å². The minimum Gasteiger partial charge on any atom is -0.490 e. The van der Waals surface area contributed by atoms with Crippen LogP contribution in [-0.4, -0.2) is 67.0 Å². The van der Waals surface area contributed by atoms with Crippen LogP contribution in [0.15, 0.2) is 72.8 Å². The van der Waals surface area contributed by atoms with Gasteiger partial charge in [0, 0.05) is 19.2 Å². The van der Waals surface area contributed by atoms with Gasteiger partial charge in [-0.15, -0.1) is 0 Å². The molecule has 0 spiro atoms. The molecule has 236 valence electrons. The number of amides is 3. The third-order valence-corrected chi connectivity index (χ3v) is 8.12. The topological polar surface area (TPSA) is 114 Å². The third-order valence-electron chi connectivity index (χ3n) is 7.80. The van der Waals surface area contributed by atoms with Crippen molar-refractivity contribution in [3.05, 3.63) is 94.5 Å². The fourth-order valence-electron chi connectivity index (χ4n) is 5.59. The van der Waals surface area contributed by atoms with E-state index in [4.69, 9.17) is 25.8 Å². The molecule has 1 N–H and O–H groups in total. The Balaban J connectivity index is 1.23. The van der Waals surface area contributed by atoms with Gasteiger partial charge in [0.25, 0.3) is 5.91 Å². The van der Waals surface area contributed by atoms with E-state index in [1.54, 1.807) is 18.2 Å². The van der Waals surface area contributed by atoms with E-state index in [2.05, 4.69) is 5.32 Å². The van der Waals surface area contributed by atoms with Crippen LogP contribution in [0.1, 0.15) is 47.7 Å². The number of hydrogen-bond acceptors (Lipinski definition) is 7. The highest BCUT2D eigenvalue weighted by atomic mass is 35.5. The zero-order chi connectivity index (χ0) is 31.8. The maximum atomic E-state index is 13.8. The Morgan fingerprint density at radius 2 is 1.73 bits per heavy atom. The zero-order valence-electron chi connectivity index (χ0n) is 25.1. The highest BCUT2D eigenvalue weighted by Gasteiger charge is 2.33. The van der Waals surface area contributed by atoms with E-state index in [0.29, 0.717) is 18.0 Å². The van der Waals surface area contributed by atoms with Crippen LogP contribution in [0, 0.1) is 0 Å². The van der Waals surface area contributed by atoms with E-state index in [1.165, 1.54) is 28.9 Å². The number of carbonyl (C=O) groups is 4. The molecule has 1 heterocycles. The largest absolute Gasteiger partial charge is 0.490 e. The number of nitrogens with zero attached hydrogens (tertiary/aromatic N) is 2. The number of anilines is 1. The van der Waals surface area contributed by atoms with Crippen molar-refractivity contribution in [2.45, 2.75) is 51.5 Å². The van der Waals surface area contributed by atoms with Gasteiger partial charge in [0.05, 0.1) is 35.9 Å². The van der Waals surface area contributed by atoms with E-state index in [-0.39, 0.29) is 67.4 Å². The molecule has 1 aliphatic heterocycles. The lowest BCUT2D eigenvalue weighted by molar-refractivity contribution is -0.141. The van der Waals surface area contributed by atoms with Crippen molar-refractivity contribution in [1.29, 1.82) is 0 Å². The molecule has 45 heavy (non-hydrogen) atoms. The number of para-hydroxylation sites is 1. The molecule has 0 aromatic heterocycles. The van der Waals surface area contributed by atoms with Crippen LogP contribution in [0.5, 0.6) is 5.75 Å². The first-order valence-electron chi connectivity index (χ1n) is 15.0. The van der Waals surface area contributed by atoms with Crippen molar-refractivity contribution in [1.82, 2.24) is 10.2 Å². The summed E-state index contributed by atoms with van der Waals surface area (Å²) in [6.45, 7) is 1.77. The van der Waals surface area contributed by atoms with Gasteiger partial charge in [-0.3, -0.25) is 24.1 Å². The summed E-state index contributed by atoms with van der Waals surface area (Å²) < 4.78 is 16.6. The highest BCUT2D eigenvalue weighted by molar-refractivity contribution is 6.34. The summed E-state index contributed by atoms with van der Waals surface area (Å²) in [6.07, 6.45) is 2.51. The number of halogens is 1. The van der Waals surface area contributed by atoms with E-state index >= 15 is 0 Å². The van der Waals surface area contributed by atoms with Crippen LogP contribution in [0.3, 0.4) is 0 Å². The minimum atomic E-state index is -0.456. The van der Waals surface area contributed by atoms with Crippen molar-refractivity contribution >= 4 is 41.0 Å². The maximum Gasteiger partial charge on any atom is 0.302 e. The SMILES string of the molecule is CC(=O)OCCOc1ccc(C(=O)N2CC(=O)N(CC(=O)N[C@@H]3CCC[C@H]3OCc3ccccc3)Cc3ccccc32)c(Cl)c1. The summed E-state index contributed by atoms with van der Waals surface area (Å²) in [4.78, 5) is 54.3. The van der Waals surface area contributed by atoms with Gasteiger partial charge >= 0.3 is 5.97 Å². The van der Waals surface area contributed by atoms with Crippen molar-refractivity contribution in [3.8, 4) is 5.75 Å². The van der Waals surface area contributed by atoms with E-state index in [0.717, 1.165) is 30.4 Å². The number of esters is 1. The molecular formula is C34H36ClN3O7. The Morgan fingerprint density at radius 3 is 2.51 bits per heavy atom. The maximum absolute atomic E-state index is 13.8. The molecule has 0 saturated heterocycles. The van der Waals surface area contributed by atoms with Gasteiger partial charge in [0.2, 0.25) is 11.8 Å². The predicted octanol–water partition coefficient (Wildman–Crippen LogP) is 4.53. The summed E-state index contributed by atoms with van der Waals surface area (Å²) in [6, 6.07) is 21.6. The Morgan fingerprint density at radius 1 is 0.956 bits per heavy atom. The predicted molar refractivity (Wildman–Crippen MR) is 168 cm³/mol. The number of nitrogens with one attached hydrogen (secondary N) is 1. The molecule has 1 aliphatic carbocycles. The molecule has 1 saturated carbocycles. The Labute approximate surface area is 267 Å². The van der Waals surface area contributed by atoms with Gasteiger partial charge in [0.15, 0.2) is 0 Å². The van der Waals surface area contributed by atoms with Gasteiger partial charge < -0.3 is 24.4 Å². The fraction of sp³-hybridized carbons (Fsp3) is 0.353. The average molecular weight is 634 g/mol. The van der Waals surface area contributed by atoms with Crippen molar-refractivity contribution in [2.75, 3.05) is 31.2 Å². The lowest BCUT2D eigenvalue weighted by Crippen LogP contribution is -2.48. The Bertz CT molecular complexity index is 1530. The van der Waals surface area contributed by atoms with Crippen molar-refractivity contribution in [3.63, 3.8) is 0 Å². The van der Waals surface area contributed by atoms with Crippen LogP contribution in [-0.2, 0) is 37.0 Å². The number of fused-ring (bicyclic) bond motifs is 1. The lowest BCUT2D eigenvalue weighted by atomic mass is 10.1. The normalized spacial score (nSPS) is 17.8. The first kappa shape index (κ1) is 32.0. The zero-order valence-corrected chi connectivity index (χ0v) is 25.8. The van der Waals surface area contributed by atoms with Gasteiger partial charge in [-0.25, -0.2) is 0 Å². The fourth-order valence-corrected chi connectivity index (χ4v) is 5.84. The second-order valence-electron chi connectivity index (χ2n) is 11.0. The summed E-state index contributed by atoms with van der Waals surface area (Å²) >= 11 is 6.49. The van der Waals surface area contributed by atoms with E-state index < -0.39 is 11.9 Å². The van der Waals surface area contributed by atoms with Gasteiger partial charge in [-0.05, 0) is 54.7 Å². The first-order chi connectivity index (χ1) is 21.8. The molecule has 0 bridgehead atoms. The number of rotatable bonds is 11. The molecule has 10 nitrogen and oxygen atoms in total. The van der Waals surface area contributed by atoms with E-state index in [9.17, 15) is 19.2 Å². The Hall–Kier alpha value is -4.41. The van der Waals surface area contributed by atoms with Gasteiger partial charge in [0.1, 0.15) is 25.5 Å². The molecule has 11 heteroatoms.